The predicted octanol–water partition coefficient (Wildman–Crippen LogP) is 0.998. The van der Waals surface area contributed by atoms with E-state index in [4.69, 9.17) is 4.74 Å². The van der Waals surface area contributed by atoms with Crippen molar-refractivity contribution < 1.29 is 4.74 Å². The van der Waals surface area contributed by atoms with E-state index in [9.17, 15) is 0 Å². The van der Waals surface area contributed by atoms with E-state index < -0.39 is 0 Å². The van der Waals surface area contributed by atoms with Crippen LogP contribution in [0.1, 0.15) is 12.8 Å². The number of hydrogen-bond acceptors (Lipinski definition) is 1. The van der Waals surface area contributed by atoms with Crippen molar-refractivity contribution in [1.29, 1.82) is 0 Å². The van der Waals surface area contributed by atoms with Gasteiger partial charge in [0.2, 0.25) is 0 Å². The molecular formula is C6H9O. The van der Waals surface area contributed by atoms with Gasteiger partial charge in [-0.25, -0.2) is 0 Å². The van der Waals surface area contributed by atoms with Crippen LogP contribution in [-0.2, 0) is 4.74 Å². The van der Waals surface area contributed by atoms with E-state index in [0.29, 0.717) is 18.1 Å². The molecule has 0 aromatic heterocycles. The third kappa shape index (κ3) is 0.480. The summed E-state index contributed by atoms with van der Waals surface area (Å²) in [4.78, 5) is 0. The zero-order chi connectivity index (χ0) is 4.85. The molecule has 2 atom stereocenters. The maximum Gasteiger partial charge on any atom is 0.0844 e. The maximum absolute atomic E-state index is 5.18. The zero-order valence-corrected chi connectivity index (χ0v) is 4.26. The Balaban J connectivity index is 2.02. The van der Waals surface area contributed by atoms with Crippen LogP contribution in [0.15, 0.2) is 0 Å². The largest absolute Gasteiger partial charge is 0.370 e. The second-order valence-electron chi connectivity index (χ2n) is 2.55. The summed E-state index contributed by atoms with van der Waals surface area (Å²) in [7, 11) is 0. The van der Waals surface area contributed by atoms with Gasteiger partial charge < -0.3 is 4.74 Å². The SMILES string of the molecule is [CH2]C1CC2OC2C1. The van der Waals surface area contributed by atoms with Crippen molar-refractivity contribution in [2.24, 2.45) is 5.92 Å². The molecule has 0 N–H and O–H groups in total. The van der Waals surface area contributed by atoms with E-state index in [0.717, 1.165) is 0 Å². The molecule has 2 rings (SSSR count). The van der Waals surface area contributed by atoms with E-state index in [2.05, 4.69) is 6.92 Å². The van der Waals surface area contributed by atoms with Crippen LogP contribution in [0.3, 0.4) is 0 Å². The summed E-state index contributed by atoms with van der Waals surface area (Å²) >= 11 is 0. The molecular weight excluding hydrogens is 88.1 g/mol. The van der Waals surface area contributed by atoms with Crippen molar-refractivity contribution in [3.8, 4) is 0 Å². The molecule has 0 amide bonds. The Morgan fingerprint density at radius 1 is 1.29 bits per heavy atom. The zero-order valence-electron chi connectivity index (χ0n) is 4.26. The van der Waals surface area contributed by atoms with E-state index in [1.54, 1.807) is 0 Å². The molecule has 0 bridgehead atoms. The summed E-state index contributed by atoms with van der Waals surface area (Å²) in [6.45, 7) is 3.94. The van der Waals surface area contributed by atoms with E-state index in [1.807, 2.05) is 0 Å². The van der Waals surface area contributed by atoms with Crippen LogP contribution < -0.4 is 0 Å². The topological polar surface area (TPSA) is 12.5 Å². The van der Waals surface area contributed by atoms with E-state index >= 15 is 0 Å². The average Bonchev–Trinajstić information content (AvgIpc) is 2.15. The molecule has 1 heteroatoms. The standard InChI is InChI=1S/C6H9O/c1-4-2-5-6(3-4)7-5/h4-6H,1-3H2. The van der Waals surface area contributed by atoms with Gasteiger partial charge in [0.15, 0.2) is 0 Å². The van der Waals surface area contributed by atoms with Gasteiger partial charge in [0, 0.05) is 0 Å². The van der Waals surface area contributed by atoms with Crippen LogP contribution in [0, 0.1) is 12.8 Å². The molecule has 1 aliphatic heterocycles. The van der Waals surface area contributed by atoms with Gasteiger partial charge in [-0.15, -0.1) is 0 Å². The van der Waals surface area contributed by atoms with Crippen LogP contribution in [0.4, 0.5) is 0 Å². The van der Waals surface area contributed by atoms with Gasteiger partial charge in [-0.2, -0.15) is 0 Å². The third-order valence-corrected chi connectivity index (χ3v) is 1.82. The normalized spacial score (nSPS) is 57.0. The van der Waals surface area contributed by atoms with Gasteiger partial charge in [-0.1, -0.05) is 0 Å². The van der Waals surface area contributed by atoms with Crippen LogP contribution in [0.2, 0.25) is 0 Å². The molecule has 7 heavy (non-hydrogen) atoms. The Kier molecular flexibility index (Phi) is 0.571. The van der Waals surface area contributed by atoms with E-state index in [1.165, 1.54) is 12.8 Å². The highest BCUT2D eigenvalue weighted by atomic mass is 16.6. The summed E-state index contributed by atoms with van der Waals surface area (Å²) in [5, 5.41) is 0. The predicted molar refractivity (Wildman–Crippen MR) is 26.7 cm³/mol. The highest BCUT2D eigenvalue weighted by molar-refractivity contribution is 4.96. The molecule has 1 saturated carbocycles. The number of hydrogen-bond donors (Lipinski definition) is 0. The first-order valence-electron chi connectivity index (χ1n) is 2.85. The van der Waals surface area contributed by atoms with Crippen LogP contribution in [0.25, 0.3) is 0 Å². The lowest BCUT2D eigenvalue weighted by molar-refractivity contribution is 0.294. The fourth-order valence-electron chi connectivity index (χ4n) is 1.35. The van der Waals surface area contributed by atoms with Gasteiger partial charge >= 0.3 is 0 Å². The van der Waals surface area contributed by atoms with Gasteiger partial charge in [0.25, 0.3) is 0 Å². The van der Waals surface area contributed by atoms with Crippen molar-refractivity contribution in [2.45, 2.75) is 25.0 Å². The minimum atomic E-state index is 0.627. The van der Waals surface area contributed by atoms with Crippen LogP contribution in [-0.4, -0.2) is 12.2 Å². The maximum atomic E-state index is 5.18. The van der Waals surface area contributed by atoms with Gasteiger partial charge in [0.1, 0.15) is 0 Å². The Hall–Kier alpha value is -0.0400. The van der Waals surface area contributed by atoms with Crippen molar-refractivity contribution in [2.75, 3.05) is 0 Å². The molecule has 2 fully saturated rings. The molecule has 1 saturated heterocycles. The second kappa shape index (κ2) is 1.03. The molecule has 1 radical (unpaired) electrons. The summed E-state index contributed by atoms with van der Waals surface area (Å²) in [5.41, 5.74) is 0. The Morgan fingerprint density at radius 3 is 2.14 bits per heavy atom. The minimum Gasteiger partial charge on any atom is -0.370 e. The molecule has 0 aromatic rings. The van der Waals surface area contributed by atoms with Crippen molar-refractivity contribution in [3.63, 3.8) is 0 Å². The summed E-state index contributed by atoms with van der Waals surface area (Å²) in [5.74, 6) is 0.698. The molecule has 2 unspecified atom stereocenters. The second-order valence-corrected chi connectivity index (χ2v) is 2.55. The van der Waals surface area contributed by atoms with Crippen LogP contribution in [0.5, 0.6) is 0 Å². The van der Waals surface area contributed by atoms with Crippen molar-refractivity contribution in [3.05, 3.63) is 6.92 Å². The molecule has 39 valence electrons. The lowest BCUT2D eigenvalue weighted by atomic mass is 10.1. The monoisotopic (exact) mass is 97.1 g/mol. The first kappa shape index (κ1) is 3.90. The van der Waals surface area contributed by atoms with E-state index in [-0.39, 0.29) is 0 Å². The third-order valence-electron chi connectivity index (χ3n) is 1.82. The quantitative estimate of drug-likeness (QED) is 0.411. The molecule has 2 aliphatic rings. The average molecular weight is 97.1 g/mol. The molecule has 1 aliphatic carbocycles. The smallest absolute Gasteiger partial charge is 0.0844 e. The Morgan fingerprint density at radius 2 is 1.86 bits per heavy atom. The minimum absolute atomic E-state index is 0.627. The van der Waals surface area contributed by atoms with Gasteiger partial charge in [-0.05, 0) is 25.7 Å². The lowest BCUT2D eigenvalue weighted by Crippen LogP contribution is -1.90. The molecule has 0 aromatic carbocycles. The number of ether oxygens (including phenoxy) is 1. The first-order valence-corrected chi connectivity index (χ1v) is 2.85. The number of epoxide rings is 1. The Bertz CT molecular complexity index is 80.2. The summed E-state index contributed by atoms with van der Waals surface area (Å²) < 4.78 is 5.18. The number of rotatable bonds is 0. The molecule has 1 heterocycles. The molecule has 1 nitrogen and oxygen atoms in total. The first-order chi connectivity index (χ1) is 3.36. The Labute approximate surface area is 43.7 Å². The van der Waals surface area contributed by atoms with Gasteiger partial charge in [-0.3, -0.25) is 0 Å². The highest BCUT2D eigenvalue weighted by Gasteiger charge is 2.46. The van der Waals surface area contributed by atoms with Crippen molar-refractivity contribution in [1.82, 2.24) is 0 Å². The van der Waals surface area contributed by atoms with Crippen molar-refractivity contribution >= 4 is 0 Å². The summed E-state index contributed by atoms with van der Waals surface area (Å²) in [6.07, 6.45) is 3.68. The highest BCUT2D eigenvalue weighted by Crippen LogP contribution is 2.41. The number of fused-ring (bicyclic) bond motifs is 1. The lowest BCUT2D eigenvalue weighted by Gasteiger charge is -1.98. The fraction of sp³-hybridized carbons (Fsp3) is 0.833. The van der Waals surface area contributed by atoms with Gasteiger partial charge in [0.05, 0.1) is 12.2 Å². The fourth-order valence-corrected chi connectivity index (χ4v) is 1.35. The van der Waals surface area contributed by atoms with Crippen LogP contribution >= 0.6 is 0 Å². The summed E-state index contributed by atoms with van der Waals surface area (Å²) in [6, 6.07) is 0. The molecule has 0 spiro atoms.